The van der Waals surface area contributed by atoms with E-state index < -0.39 is 5.24 Å². The molecule has 1 amide bonds. The lowest BCUT2D eigenvalue weighted by atomic mass is 10.1. The first-order chi connectivity index (χ1) is 8.18. The third kappa shape index (κ3) is 1.43. The van der Waals surface area contributed by atoms with Gasteiger partial charge >= 0.3 is 0 Å². The van der Waals surface area contributed by atoms with Gasteiger partial charge in [0.2, 0.25) is 5.24 Å². The highest BCUT2D eigenvalue weighted by Crippen LogP contribution is 2.36. The van der Waals surface area contributed by atoms with Crippen LogP contribution in [0.25, 0.3) is 10.8 Å². The highest BCUT2D eigenvalue weighted by Gasteiger charge is 2.30. The molecule has 0 aromatic heterocycles. The topological polar surface area (TPSA) is 37.4 Å². The Balaban J connectivity index is 2.27. The van der Waals surface area contributed by atoms with Gasteiger partial charge < -0.3 is 0 Å². The lowest BCUT2D eigenvalue weighted by Crippen LogP contribution is -2.30. The molecule has 0 saturated carbocycles. The quantitative estimate of drug-likeness (QED) is 0.763. The lowest BCUT2D eigenvalue weighted by Gasteiger charge is -2.14. The predicted octanol–water partition coefficient (Wildman–Crippen LogP) is 2.57. The SMILES string of the molecule is O=C(Cl)CN1C(=O)c2cccc3cccc1c23. The van der Waals surface area contributed by atoms with Crippen molar-refractivity contribution in [1.82, 2.24) is 0 Å². The van der Waals surface area contributed by atoms with Crippen LogP contribution in [0.4, 0.5) is 5.69 Å². The molecule has 17 heavy (non-hydrogen) atoms. The van der Waals surface area contributed by atoms with E-state index in [0.29, 0.717) is 5.56 Å². The summed E-state index contributed by atoms with van der Waals surface area (Å²) in [5, 5.41) is 1.36. The molecule has 0 atom stereocenters. The van der Waals surface area contributed by atoms with Crippen LogP contribution in [-0.4, -0.2) is 17.7 Å². The fourth-order valence-electron chi connectivity index (χ4n) is 2.26. The molecule has 84 valence electrons. The van der Waals surface area contributed by atoms with E-state index >= 15 is 0 Å². The van der Waals surface area contributed by atoms with Gasteiger partial charge in [0.15, 0.2) is 0 Å². The van der Waals surface area contributed by atoms with Crippen molar-refractivity contribution >= 4 is 39.2 Å². The van der Waals surface area contributed by atoms with Crippen LogP contribution in [0.15, 0.2) is 36.4 Å². The zero-order valence-corrected chi connectivity index (χ0v) is 9.57. The smallest absolute Gasteiger partial charge is 0.259 e. The second kappa shape index (κ2) is 3.57. The van der Waals surface area contributed by atoms with Gasteiger partial charge in [-0.1, -0.05) is 24.3 Å². The monoisotopic (exact) mass is 245 g/mol. The molecular weight excluding hydrogens is 238 g/mol. The fraction of sp³-hybridized carbons (Fsp3) is 0.0769. The van der Waals surface area contributed by atoms with Crippen LogP contribution in [0.1, 0.15) is 10.4 Å². The van der Waals surface area contributed by atoms with Crippen LogP contribution < -0.4 is 4.90 Å². The molecule has 0 saturated heterocycles. The Bertz CT molecular complexity index is 646. The normalized spacial score (nSPS) is 13.5. The molecule has 2 aromatic carbocycles. The molecule has 1 aliphatic rings. The summed E-state index contributed by atoms with van der Waals surface area (Å²) in [5.74, 6) is -0.161. The summed E-state index contributed by atoms with van der Waals surface area (Å²) >= 11 is 5.37. The Morgan fingerprint density at radius 2 is 1.88 bits per heavy atom. The van der Waals surface area contributed by atoms with Crippen LogP contribution >= 0.6 is 11.6 Å². The molecule has 0 bridgehead atoms. The van der Waals surface area contributed by atoms with Crippen molar-refractivity contribution < 1.29 is 9.59 Å². The summed E-state index contributed by atoms with van der Waals surface area (Å²) in [6, 6.07) is 11.2. The third-order valence-corrected chi connectivity index (χ3v) is 3.05. The largest absolute Gasteiger partial charge is 0.299 e. The maximum Gasteiger partial charge on any atom is 0.259 e. The maximum absolute atomic E-state index is 12.1. The molecule has 3 rings (SSSR count). The second-order valence-corrected chi connectivity index (χ2v) is 4.35. The molecule has 0 unspecified atom stereocenters. The molecule has 1 heterocycles. The van der Waals surface area contributed by atoms with Crippen LogP contribution in [0, 0.1) is 0 Å². The van der Waals surface area contributed by atoms with E-state index in [9.17, 15) is 9.59 Å². The third-order valence-electron chi connectivity index (χ3n) is 2.93. The summed E-state index contributed by atoms with van der Waals surface area (Å²) in [6.45, 7) is -0.0891. The Hall–Kier alpha value is -1.87. The number of benzene rings is 2. The van der Waals surface area contributed by atoms with E-state index in [1.165, 1.54) is 4.90 Å². The van der Waals surface area contributed by atoms with Crippen LogP contribution in [0.5, 0.6) is 0 Å². The van der Waals surface area contributed by atoms with Gasteiger partial charge in [0, 0.05) is 10.9 Å². The first-order valence-electron chi connectivity index (χ1n) is 5.20. The van der Waals surface area contributed by atoms with Crippen molar-refractivity contribution in [3.63, 3.8) is 0 Å². The fourth-order valence-corrected chi connectivity index (χ4v) is 2.38. The number of halogens is 1. The zero-order valence-electron chi connectivity index (χ0n) is 8.81. The molecule has 3 nitrogen and oxygen atoms in total. The van der Waals surface area contributed by atoms with Crippen molar-refractivity contribution in [2.75, 3.05) is 11.4 Å². The second-order valence-electron chi connectivity index (χ2n) is 3.93. The van der Waals surface area contributed by atoms with Crippen LogP contribution in [-0.2, 0) is 4.79 Å². The standard InChI is InChI=1S/C13H8ClNO2/c14-11(16)7-15-10-6-2-4-8-3-1-5-9(12(8)10)13(15)17/h1-6H,7H2. The van der Waals surface area contributed by atoms with E-state index in [1.54, 1.807) is 6.07 Å². The average molecular weight is 246 g/mol. The number of amides is 1. The first-order valence-corrected chi connectivity index (χ1v) is 5.58. The molecule has 0 N–H and O–H groups in total. The maximum atomic E-state index is 12.1. The van der Waals surface area contributed by atoms with Gasteiger partial charge in [-0.25, -0.2) is 0 Å². The van der Waals surface area contributed by atoms with E-state index in [1.807, 2.05) is 30.3 Å². The number of carbonyl (C=O) groups is 2. The number of nitrogens with zero attached hydrogens (tertiary/aromatic N) is 1. The Kier molecular flexibility index (Phi) is 2.16. The van der Waals surface area contributed by atoms with Gasteiger partial charge in [0.25, 0.3) is 5.91 Å². The highest BCUT2D eigenvalue weighted by molar-refractivity contribution is 6.64. The lowest BCUT2D eigenvalue weighted by molar-refractivity contribution is -0.110. The molecule has 2 aromatic rings. The Morgan fingerprint density at radius 1 is 1.18 bits per heavy atom. The number of carbonyl (C=O) groups excluding carboxylic acids is 2. The molecule has 0 radical (unpaired) electrons. The van der Waals surface area contributed by atoms with Crippen molar-refractivity contribution in [2.45, 2.75) is 0 Å². The number of anilines is 1. The van der Waals surface area contributed by atoms with E-state index in [4.69, 9.17) is 11.6 Å². The van der Waals surface area contributed by atoms with Crippen LogP contribution in [0.2, 0.25) is 0 Å². The Labute approximate surface area is 103 Å². The zero-order chi connectivity index (χ0) is 12.0. The van der Waals surface area contributed by atoms with Gasteiger partial charge in [-0.3, -0.25) is 14.5 Å². The minimum absolute atomic E-state index is 0.0891. The van der Waals surface area contributed by atoms with Crippen molar-refractivity contribution in [1.29, 1.82) is 0 Å². The first kappa shape index (κ1) is 10.3. The molecule has 4 heteroatoms. The van der Waals surface area contributed by atoms with E-state index in [2.05, 4.69) is 0 Å². The van der Waals surface area contributed by atoms with Crippen molar-refractivity contribution in [3.05, 3.63) is 42.0 Å². The highest BCUT2D eigenvalue weighted by atomic mass is 35.5. The van der Waals surface area contributed by atoms with Gasteiger partial charge in [-0.2, -0.15) is 0 Å². The van der Waals surface area contributed by atoms with Gasteiger partial charge in [-0.15, -0.1) is 0 Å². The average Bonchev–Trinajstić information content (AvgIpc) is 2.57. The van der Waals surface area contributed by atoms with Gasteiger partial charge in [0.1, 0.15) is 6.54 Å². The van der Waals surface area contributed by atoms with Crippen molar-refractivity contribution in [3.8, 4) is 0 Å². The van der Waals surface area contributed by atoms with E-state index in [0.717, 1.165) is 16.5 Å². The molecule has 1 aliphatic heterocycles. The number of hydrogen-bond donors (Lipinski definition) is 0. The molecule has 0 spiro atoms. The Morgan fingerprint density at radius 3 is 2.59 bits per heavy atom. The summed E-state index contributed by atoms with van der Waals surface area (Å²) in [5.41, 5.74) is 1.40. The van der Waals surface area contributed by atoms with Crippen molar-refractivity contribution in [2.24, 2.45) is 0 Å². The summed E-state index contributed by atoms with van der Waals surface area (Å²) in [7, 11) is 0. The van der Waals surface area contributed by atoms with Crippen LogP contribution in [0.3, 0.4) is 0 Å². The summed E-state index contributed by atoms with van der Waals surface area (Å²) < 4.78 is 0. The molecular formula is C13H8ClNO2. The predicted molar refractivity (Wildman–Crippen MR) is 66.5 cm³/mol. The molecule has 0 fully saturated rings. The van der Waals surface area contributed by atoms with E-state index in [-0.39, 0.29) is 12.5 Å². The van der Waals surface area contributed by atoms with Gasteiger partial charge in [0.05, 0.1) is 5.69 Å². The number of rotatable bonds is 2. The minimum Gasteiger partial charge on any atom is -0.299 e. The minimum atomic E-state index is -0.539. The number of hydrogen-bond acceptors (Lipinski definition) is 2. The molecule has 0 aliphatic carbocycles. The van der Waals surface area contributed by atoms with Gasteiger partial charge in [-0.05, 0) is 29.1 Å². The summed E-state index contributed by atoms with van der Waals surface area (Å²) in [4.78, 5) is 24.5. The summed E-state index contributed by atoms with van der Waals surface area (Å²) in [6.07, 6.45) is 0.